The molecule has 0 heterocycles. The molecule has 0 bridgehead atoms. The smallest absolute Gasteiger partial charge is 0.194 e. The fourth-order valence-corrected chi connectivity index (χ4v) is 4.22. The Labute approximate surface area is 197 Å². The predicted octanol–water partition coefficient (Wildman–Crippen LogP) is 9.15. The first-order chi connectivity index (χ1) is 16.4. The number of hydrogen-bond acceptors (Lipinski definition) is 0. The van der Waals surface area contributed by atoms with Crippen LogP contribution in [0.4, 0.5) is 17.6 Å². The second kappa shape index (κ2) is 10.3. The van der Waals surface area contributed by atoms with E-state index in [4.69, 9.17) is 0 Å². The average molecular weight is 463 g/mol. The van der Waals surface area contributed by atoms with E-state index < -0.39 is 23.3 Å². The van der Waals surface area contributed by atoms with Gasteiger partial charge in [0.15, 0.2) is 17.5 Å². The van der Waals surface area contributed by atoms with Crippen molar-refractivity contribution in [3.63, 3.8) is 0 Å². The predicted molar refractivity (Wildman–Crippen MR) is 131 cm³/mol. The minimum atomic E-state index is -1.57. The molecule has 0 aliphatic heterocycles. The van der Waals surface area contributed by atoms with Crippen LogP contribution in [0.5, 0.6) is 0 Å². The summed E-state index contributed by atoms with van der Waals surface area (Å²) in [5, 5.41) is 0. The van der Waals surface area contributed by atoms with Crippen LogP contribution in [0.15, 0.2) is 72.8 Å². The van der Waals surface area contributed by atoms with Crippen molar-refractivity contribution < 1.29 is 17.6 Å². The Morgan fingerprint density at radius 2 is 1.12 bits per heavy atom. The van der Waals surface area contributed by atoms with Gasteiger partial charge in [-0.3, -0.25) is 0 Å². The average Bonchev–Trinajstić information content (AvgIpc) is 2.85. The van der Waals surface area contributed by atoms with E-state index in [-0.39, 0.29) is 11.1 Å². The standard InChI is InChI=1S/C30H26F4/c1-3-5-6-19-7-9-21(10-8-19)25-13-11-22(15-20(25)4-2)23-12-14-26(27(31)16-23)24-17-28(32)30(34)29(33)18-24/h7-18H,3-6H2,1-2H3. The Kier molecular flexibility index (Phi) is 7.16. The molecule has 4 rings (SSSR count). The molecule has 0 saturated heterocycles. The molecule has 0 spiro atoms. The number of aryl methyl sites for hydroxylation is 2. The first-order valence-electron chi connectivity index (χ1n) is 11.6. The zero-order valence-corrected chi connectivity index (χ0v) is 19.3. The van der Waals surface area contributed by atoms with E-state index in [0.29, 0.717) is 5.56 Å². The van der Waals surface area contributed by atoms with Gasteiger partial charge >= 0.3 is 0 Å². The summed E-state index contributed by atoms with van der Waals surface area (Å²) in [4.78, 5) is 0. The molecule has 4 aromatic rings. The maximum atomic E-state index is 14.9. The van der Waals surface area contributed by atoms with Crippen LogP contribution in [0.1, 0.15) is 37.8 Å². The van der Waals surface area contributed by atoms with Gasteiger partial charge in [0.05, 0.1) is 0 Å². The van der Waals surface area contributed by atoms with Crippen molar-refractivity contribution in [2.45, 2.75) is 39.5 Å². The molecule has 0 unspecified atom stereocenters. The second-order valence-electron chi connectivity index (χ2n) is 8.47. The van der Waals surface area contributed by atoms with E-state index in [2.05, 4.69) is 38.1 Å². The summed E-state index contributed by atoms with van der Waals surface area (Å²) in [5.74, 6) is -4.89. The number of halogens is 4. The molecule has 4 heteroatoms. The van der Waals surface area contributed by atoms with Crippen LogP contribution in [0.2, 0.25) is 0 Å². The molecule has 4 aromatic carbocycles. The highest BCUT2D eigenvalue weighted by molar-refractivity contribution is 5.76. The lowest BCUT2D eigenvalue weighted by Gasteiger charge is -2.13. The van der Waals surface area contributed by atoms with E-state index >= 15 is 0 Å². The number of hydrogen-bond donors (Lipinski definition) is 0. The van der Waals surface area contributed by atoms with Crippen LogP contribution in [0.25, 0.3) is 33.4 Å². The minimum absolute atomic E-state index is 0.0112. The van der Waals surface area contributed by atoms with E-state index in [1.807, 2.05) is 18.2 Å². The fourth-order valence-electron chi connectivity index (χ4n) is 4.22. The highest BCUT2D eigenvalue weighted by atomic mass is 19.2. The summed E-state index contributed by atoms with van der Waals surface area (Å²) in [6.45, 7) is 4.27. The summed E-state index contributed by atoms with van der Waals surface area (Å²) in [6.07, 6.45) is 4.24. The van der Waals surface area contributed by atoms with Crippen molar-refractivity contribution in [2.75, 3.05) is 0 Å². The van der Waals surface area contributed by atoms with E-state index in [1.165, 1.54) is 30.5 Å². The van der Waals surface area contributed by atoms with Crippen molar-refractivity contribution in [3.8, 4) is 33.4 Å². The van der Waals surface area contributed by atoms with Gasteiger partial charge < -0.3 is 0 Å². The summed E-state index contributed by atoms with van der Waals surface area (Å²) in [6, 6.07) is 20.8. The second-order valence-corrected chi connectivity index (χ2v) is 8.47. The lowest BCUT2D eigenvalue weighted by Crippen LogP contribution is -1.94. The molecule has 0 saturated carbocycles. The van der Waals surface area contributed by atoms with Crippen LogP contribution in [0.3, 0.4) is 0 Å². The Morgan fingerprint density at radius 3 is 1.71 bits per heavy atom. The maximum Gasteiger partial charge on any atom is 0.194 e. The van der Waals surface area contributed by atoms with Gasteiger partial charge in [0.25, 0.3) is 0 Å². The van der Waals surface area contributed by atoms with Gasteiger partial charge in [-0.1, -0.05) is 74.9 Å². The van der Waals surface area contributed by atoms with Crippen LogP contribution in [-0.4, -0.2) is 0 Å². The fraction of sp³-hybridized carbons (Fsp3) is 0.200. The summed E-state index contributed by atoms with van der Waals surface area (Å²) in [7, 11) is 0. The third-order valence-electron chi connectivity index (χ3n) is 6.17. The first-order valence-corrected chi connectivity index (χ1v) is 11.6. The van der Waals surface area contributed by atoms with Crippen molar-refractivity contribution >= 4 is 0 Å². The topological polar surface area (TPSA) is 0 Å². The summed E-state index contributed by atoms with van der Waals surface area (Å²) >= 11 is 0. The van der Waals surface area contributed by atoms with Crippen molar-refractivity contribution in [1.29, 1.82) is 0 Å². The molecular formula is C30H26F4. The van der Waals surface area contributed by atoms with Crippen LogP contribution >= 0.6 is 0 Å². The van der Waals surface area contributed by atoms with E-state index in [1.54, 1.807) is 6.07 Å². The van der Waals surface area contributed by atoms with Crippen molar-refractivity contribution in [1.82, 2.24) is 0 Å². The maximum absolute atomic E-state index is 14.9. The lowest BCUT2D eigenvalue weighted by molar-refractivity contribution is 0.447. The number of rotatable bonds is 7. The Bertz CT molecular complexity index is 1280. The van der Waals surface area contributed by atoms with Gasteiger partial charge in [-0.15, -0.1) is 0 Å². The molecule has 0 amide bonds. The molecule has 34 heavy (non-hydrogen) atoms. The molecule has 0 N–H and O–H groups in total. The highest BCUT2D eigenvalue weighted by Gasteiger charge is 2.15. The van der Waals surface area contributed by atoms with Gasteiger partial charge in [0, 0.05) is 5.56 Å². The molecule has 0 aromatic heterocycles. The Morgan fingerprint density at radius 1 is 0.559 bits per heavy atom. The van der Waals surface area contributed by atoms with Crippen molar-refractivity contribution in [2.24, 2.45) is 0 Å². The largest absolute Gasteiger partial charge is 0.206 e. The monoisotopic (exact) mass is 462 g/mol. The Balaban J connectivity index is 1.64. The molecule has 0 radical (unpaired) electrons. The van der Waals surface area contributed by atoms with Gasteiger partial charge in [-0.25, -0.2) is 17.6 Å². The summed E-state index contributed by atoms with van der Waals surface area (Å²) in [5.41, 5.74) is 6.22. The molecular weight excluding hydrogens is 436 g/mol. The van der Waals surface area contributed by atoms with Crippen molar-refractivity contribution in [3.05, 3.63) is 107 Å². The molecule has 174 valence electrons. The van der Waals surface area contributed by atoms with Gasteiger partial charge in [0.2, 0.25) is 0 Å². The van der Waals surface area contributed by atoms with E-state index in [9.17, 15) is 17.6 Å². The zero-order valence-electron chi connectivity index (χ0n) is 19.3. The first kappa shape index (κ1) is 23.7. The molecule has 0 aliphatic rings. The normalized spacial score (nSPS) is 11.1. The molecule has 0 aliphatic carbocycles. The van der Waals surface area contributed by atoms with E-state index in [0.717, 1.165) is 47.2 Å². The lowest BCUT2D eigenvalue weighted by atomic mass is 9.92. The number of benzene rings is 4. The van der Waals surface area contributed by atoms with Gasteiger partial charge in [-0.2, -0.15) is 0 Å². The minimum Gasteiger partial charge on any atom is -0.206 e. The SMILES string of the molecule is CCCCc1ccc(-c2ccc(-c3ccc(-c4cc(F)c(F)c(F)c4)c(F)c3)cc2CC)cc1. The number of unbranched alkanes of at least 4 members (excludes halogenated alkanes) is 1. The molecule has 0 atom stereocenters. The Hall–Kier alpha value is -3.40. The zero-order chi connectivity index (χ0) is 24.2. The third-order valence-corrected chi connectivity index (χ3v) is 6.17. The highest BCUT2D eigenvalue weighted by Crippen LogP contribution is 2.33. The van der Waals surface area contributed by atoms with Crippen LogP contribution < -0.4 is 0 Å². The molecule has 0 fully saturated rings. The van der Waals surface area contributed by atoms with Gasteiger partial charge in [-0.05, 0) is 76.4 Å². The van der Waals surface area contributed by atoms with Crippen LogP contribution in [0, 0.1) is 23.3 Å². The van der Waals surface area contributed by atoms with Gasteiger partial charge in [0.1, 0.15) is 5.82 Å². The third kappa shape index (κ3) is 4.91. The van der Waals surface area contributed by atoms with Crippen LogP contribution in [-0.2, 0) is 12.8 Å². The molecule has 0 nitrogen and oxygen atoms in total. The quantitative estimate of drug-likeness (QED) is 0.190. The summed E-state index contributed by atoms with van der Waals surface area (Å²) < 4.78 is 55.4.